The number of alkyl halides is 2. The van der Waals surface area contributed by atoms with Crippen LogP contribution in [0.3, 0.4) is 0 Å². The molecule has 0 radical (unpaired) electrons. The van der Waals surface area contributed by atoms with Gasteiger partial charge in [0.2, 0.25) is 0 Å². The van der Waals surface area contributed by atoms with Crippen molar-refractivity contribution in [2.45, 2.75) is 25.0 Å². The Morgan fingerprint density at radius 1 is 1.28 bits per heavy atom. The van der Waals surface area contributed by atoms with Gasteiger partial charge in [-0.15, -0.1) is 12.4 Å². The van der Waals surface area contributed by atoms with E-state index in [1.165, 1.54) is 6.07 Å². The summed E-state index contributed by atoms with van der Waals surface area (Å²) in [5.74, 6) is 0.147. The molecule has 1 aliphatic rings. The number of hydrogen-bond acceptors (Lipinski definition) is 3. The zero-order valence-corrected chi connectivity index (χ0v) is 10.6. The molecule has 0 spiro atoms. The number of ether oxygens (including phenoxy) is 2. The molecule has 1 saturated heterocycles. The summed E-state index contributed by atoms with van der Waals surface area (Å²) in [6.45, 7) is -1.62. The second-order valence-electron chi connectivity index (χ2n) is 4.17. The highest BCUT2D eigenvalue weighted by molar-refractivity contribution is 5.85. The minimum atomic E-state index is -2.81. The van der Waals surface area contributed by atoms with Gasteiger partial charge in [-0.05, 0) is 30.5 Å². The average molecular weight is 280 g/mol. The van der Waals surface area contributed by atoms with Gasteiger partial charge in [-0.2, -0.15) is 8.78 Å². The highest BCUT2D eigenvalue weighted by Gasteiger charge is 2.30. The predicted octanol–water partition coefficient (Wildman–Crippen LogP) is 2.67. The molecule has 0 aromatic heterocycles. The monoisotopic (exact) mass is 279 g/mol. The van der Waals surface area contributed by atoms with Gasteiger partial charge >= 0.3 is 6.61 Å². The van der Waals surface area contributed by atoms with E-state index >= 15 is 0 Å². The fourth-order valence-electron chi connectivity index (χ4n) is 2.01. The van der Waals surface area contributed by atoms with Crippen LogP contribution >= 0.6 is 12.4 Å². The number of rotatable bonds is 3. The topological polar surface area (TPSA) is 44.5 Å². The Labute approximate surface area is 111 Å². The molecule has 0 unspecified atom stereocenters. The molecular formula is C12H16ClF2NO2. The number of nitrogens with two attached hydrogens (primary N) is 1. The van der Waals surface area contributed by atoms with E-state index in [4.69, 9.17) is 10.5 Å². The van der Waals surface area contributed by atoms with Gasteiger partial charge in [-0.25, -0.2) is 0 Å². The van der Waals surface area contributed by atoms with Crippen LogP contribution in [0, 0.1) is 0 Å². The minimum absolute atomic E-state index is 0. The second-order valence-corrected chi connectivity index (χ2v) is 4.17. The van der Waals surface area contributed by atoms with Crippen LogP contribution in [0.25, 0.3) is 0 Å². The molecule has 0 atom stereocenters. The normalized spacial score (nSPS) is 18.2. The smallest absolute Gasteiger partial charge is 0.387 e. The van der Waals surface area contributed by atoms with Crippen molar-refractivity contribution in [3.8, 4) is 5.75 Å². The summed E-state index contributed by atoms with van der Waals surface area (Å²) in [7, 11) is 0. The molecule has 102 valence electrons. The zero-order chi connectivity index (χ0) is 12.3. The van der Waals surface area contributed by atoms with Crippen molar-refractivity contribution in [2.75, 3.05) is 13.2 Å². The summed E-state index contributed by atoms with van der Waals surface area (Å²) in [6, 6.07) is 6.59. The van der Waals surface area contributed by atoms with E-state index < -0.39 is 12.2 Å². The van der Waals surface area contributed by atoms with Crippen molar-refractivity contribution in [3.05, 3.63) is 29.8 Å². The zero-order valence-electron chi connectivity index (χ0n) is 9.77. The van der Waals surface area contributed by atoms with Gasteiger partial charge in [0, 0.05) is 18.8 Å². The van der Waals surface area contributed by atoms with Crippen molar-refractivity contribution in [3.63, 3.8) is 0 Å². The minimum Gasteiger partial charge on any atom is -0.435 e. The maximum atomic E-state index is 12.1. The molecule has 1 heterocycles. The standard InChI is InChI=1S/C12H15F2NO2.ClH/c13-11(14)17-10-3-1-2-9(8-10)12(15)4-6-16-7-5-12;/h1-3,8,11H,4-7,15H2;1H. The molecule has 0 amide bonds. The van der Waals surface area contributed by atoms with Crippen molar-refractivity contribution < 1.29 is 18.3 Å². The van der Waals surface area contributed by atoms with Gasteiger partial charge in [-0.3, -0.25) is 0 Å². The Morgan fingerprint density at radius 2 is 1.94 bits per heavy atom. The third-order valence-corrected chi connectivity index (χ3v) is 3.02. The van der Waals surface area contributed by atoms with Gasteiger partial charge in [-0.1, -0.05) is 12.1 Å². The molecule has 2 N–H and O–H groups in total. The molecule has 1 aromatic carbocycles. The average Bonchev–Trinajstić information content (AvgIpc) is 2.29. The van der Waals surface area contributed by atoms with Crippen LogP contribution in [0.4, 0.5) is 8.78 Å². The molecule has 1 aliphatic heterocycles. The first kappa shape index (κ1) is 15.1. The maximum absolute atomic E-state index is 12.1. The van der Waals surface area contributed by atoms with E-state index in [0.29, 0.717) is 26.1 Å². The summed E-state index contributed by atoms with van der Waals surface area (Å²) in [6.07, 6.45) is 1.37. The summed E-state index contributed by atoms with van der Waals surface area (Å²) in [5.41, 5.74) is 6.58. The molecule has 1 fully saturated rings. The first-order chi connectivity index (χ1) is 8.10. The molecule has 18 heavy (non-hydrogen) atoms. The van der Waals surface area contributed by atoms with Crippen molar-refractivity contribution in [1.29, 1.82) is 0 Å². The lowest BCUT2D eigenvalue weighted by molar-refractivity contribution is -0.0500. The third-order valence-electron chi connectivity index (χ3n) is 3.02. The van der Waals surface area contributed by atoms with Gasteiger partial charge in [0.25, 0.3) is 0 Å². The Balaban J connectivity index is 0.00000162. The van der Waals surface area contributed by atoms with E-state index in [1.54, 1.807) is 12.1 Å². The van der Waals surface area contributed by atoms with E-state index in [1.807, 2.05) is 6.07 Å². The van der Waals surface area contributed by atoms with Crippen LogP contribution in [-0.2, 0) is 10.3 Å². The van der Waals surface area contributed by atoms with Crippen LogP contribution in [0.5, 0.6) is 5.75 Å². The Morgan fingerprint density at radius 3 is 2.56 bits per heavy atom. The largest absolute Gasteiger partial charge is 0.435 e. The molecule has 0 bridgehead atoms. The third kappa shape index (κ3) is 3.54. The van der Waals surface area contributed by atoms with Gasteiger partial charge in [0.05, 0.1) is 0 Å². The lowest BCUT2D eigenvalue weighted by atomic mass is 9.84. The Kier molecular flexibility index (Phi) is 5.31. The van der Waals surface area contributed by atoms with Crippen LogP contribution in [-0.4, -0.2) is 19.8 Å². The van der Waals surface area contributed by atoms with Crippen LogP contribution in [0.2, 0.25) is 0 Å². The molecule has 0 aliphatic carbocycles. The number of hydrogen-bond donors (Lipinski definition) is 1. The summed E-state index contributed by atoms with van der Waals surface area (Å²) < 4.78 is 33.9. The molecule has 2 rings (SSSR count). The van der Waals surface area contributed by atoms with Crippen LogP contribution in [0.15, 0.2) is 24.3 Å². The van der Waals surface area contributed by atoms with Gasteiger partial charge in [0.15, 0.2) is 0 Å². The van der Waals surface area contributed by atoms with Gasteiger partial charge < -0.3 is 15.2 Å². The highest BCUT2D eigenvalue weighted by atomic mass is 35.5. The molecule has 3 nitrogen and oxygen atoms in total. The highest BCUT2D eigenvalue weighted by Crippen LogP contribution is 2.31. The van der Waals surface area contributed by atoms with E-state index in [9.17, 15) is 8.78 Å². The molecular weight excluding hydrogens is 264 g/mol. The summed E-state index contributed by atoms with van der Waals surface area (Å²) >= 11 is 0. The predicted molar refractivity (Wildman–Crippen MR) is 66.2 cm³/mol. The molecule has 0 saturated carbocycles. The lowest BCUT2D eigenvalue weighted by Crippen LogP contribution is -2.42. The molecule has 1 aromatic rings. The first-order valence-corrected chi connectivity index (χ1v) is 5.52. The Hall–Kier alpha value is -0.910. The second kappa shape index (κ2) is 6.31. The van der Waals surface area contributed by atoms with E-state index in [2.05, 4.69) is 4.74 Å². The fraction of sp³-hybridized carbons (Fsp3) is 0.500. The van der Waals surface area contributed by atoms with Crippen molar-refractivity contribution >= 4 is 12.4 Å². The summed E-state index contributed by atoms with van der Waals surface area (Å²) in [4.78, 5) is 0. The quantitative estimate of drug-likeness (QED) is 0.925. The van der Waals surface area contributed by atoms with Crippen LogP contribution < -0.4 is 10.5 Å². The number of benzene rings is 1. The molecule has 6 heteroatoms. The van der Waals surface area contributed by atoms with E-state index in [0.717, 1.165) is 5.56 Å². The fourth-order valence-corrected chi connectivity index (χ4v) is 2.01. The van der Waals surface area contributed by atoms with Crippen molar-refractivity contribution in [2.24, 2.45) is 5.73 Å². The van der Waals surface area contributed by atoms with Gasteiger partial charge in [0.1, 0.15) is 5.75 Å². The first-order valence-electron chi connectivity index (χ1n) is 5.52. The van der Waals surface area contributed by atoms with Crippen LogP contribution in [0.1, 0.15) is 18.4 Å². The SMILES string of the molecule is Cl.NC1(c2cccc(OC(F)F)c2)CCOCC1. The van der Waals surface area contributed by atoms with Crippen molar-refractivity contribution in [1.82, 2.24) is 0 Å². The number of halogens is 3. The summed E-state index contributed by atoms with van der Waals surface area (Å²) in [5, 5.41) is 0. The Bertz CT molecular complexity index is 384. The lowest BCUT2D eigenvalue weighted by Gasteiger charge is -2.34. The van der Waals surface area contributed by atoms with E-state index in [-0.39, 0.29) is 18.2 Å². The maximum Gasteiger partial charge on any atom is 0.387 e.